The van der Waals surface area contributed by atoms with Crippen molar-refractivity contribution in [1.29, 1.82) is 0 Å². The van der Waals surface area contributed by atoms with Gasteiger partial charge in [-0.05, 0) is 41.5 Å². The highest BCUT2D eigenvalue weighted by Gasteiger charge is 2.13. The summed E-state index contributed by atoms with van der Waals surface area (Å²) in [5.41, 5.74) is 1.38. The summed E-state index contributed by atoms with van der Waals surface area (Å²) >= 11 is 15.4. The molecule has 1 atom stereocenters. The summed E-state index contributed by atoms with van der Waals surface area (Å²) in [4.78, 5) is 0. The highest BCUT2D eigenvalue weighted by molar-refractivity contribution is 9.10. The van der Waals surface area contributed by atoms with E-state index in [2.05, 4.69) is 15.9 Å². The lowest BCUT2D eigenvalue weighted by atomic mass is 10.0. The van der Waals surface area contributed by atoms with Crippen molar-refractivity contribution < 1.29 is 9.84 Å². The number of hydrogen-bond acceptors (Lipinski definition) is 2. The third-order valence-electron chi connectivity index (χ3n) is 2.69. The van der Waals surface area contributed by atoms with Gasteiger partial charge in [-0.15, -0.1) is 0 Å². The Morgan fingerprint density at radius 1 is 1.11 bits per heavy atom. The molecule has 0 saturated heterocycles. The summed E-state index contributed by atoms with van der Waals surface area (Å²) in [6, 6.07) is 10.5. The average molecular weight is 362 g/mol. The van der Waals surface area contributed by atoms with E-state index in [1.165, 1.54) is 0 Å². The summed E-state index contributed by atoms with van der Waals surface area (Å²) in [6.45, 7) is 0. The Balaban J connectivity index is 2.38. The normalized spacial score (nSPS) is 12.3. The van der Waals surface area contributed by atoms with Crippen LogP contribution in [0.4, 0.5) is 0 Å². The van der Waals surface area contributed by atoms with E-state index < -0.39 is 6.10 Å². The Hall–Kier alpha value is -0.740. The molecule has 2 aromatic carbocycles. The maximum atomic E-state index is 10.3. The Bertz CT molecular complexity index is 582. The van der Waals surface area contributed by atoms with Gasteiger partial charge in [0.2, 0.25) is 0 Å². The van der Waals surface area contributed by atoms with Crippen LogP contribution in [0.3, 0.4) is 0 Å². The molecule has 2 aromatic rings. The Morgan fingerprint density at radius 2 is 1.84 bits per heavy atom. The first-order valence-electron chi connectivity index (χ1n) is 5.48. The van der Waals surface area contributed by atoms with Crippen molar-refractivity contribution >= 4 is 39.1 Å². The topological polar surface area (TPSA) is 29.5 Å². The van der Waals surface area contributed by atoms with E-state index in [0.29, 0.717) is 26.9 Å². The molecule has 0 aromatic heterocycles. The van der Waals surface area contributed by atoms with E-state index >= 15 is 0 Å². The second-order valence-corrected chi connectivity index (χ2v) is 5.76. The van der Waals surface area contributed by atoms with Crippen LogP contribution in [0.5, 0.6) is 5.75 Å². The maximum Gasteiger partial charge on any atom is 0.137 e. The SMILES string of the molecule is COc1ccc(C(O)c2cc(Cl)cc(Br)c2)cc1Cl. The molecule has 0 spiro atoms. The quantitative estimate of drug-likeness (QED) is 0.846. The summed E-state index contributed by atoms with van der Waals surface area (Å²) in [5.74, 6) is 0.574. The molecule has 0 aliphatic rings. The largest absolute Gasteiger partial charge is 0.495 e. The minimum absolute atomic E-state index is 0.458. The molecule has 0 aliphatic heterocycles. The van der Waals surface area contributed by atoms with E-state index in [9.17, 15) is 5.11 Å². The van der Waals surface area contributed by atoms with Crippen LogP contribution < -0.4 is 4.74 Å². The fourth-order valence-corrected chi connectivity index (χ4v) is 2.93. The first-order chi connectivity index (χ1) is 9.01. The number of aliphatic hydroxyl groups excluding tert-OH is 1. The summed E-state index contributed by atoms with van der Waals surface area (Å²) in [5, 5.41) is 11.4. The van der Waals surface area contributed by atoms with Crippen molar-refractivity contribution in [1.82, 2.24) is 0 Å². The minimum Gasteiger partial charge on any atom is -0.495 e. The van der Waals surface area contributed by atoms with Gasteiger partial charge in [0, 0.05) is 9.50 Å². The van der Waals surface area contributed by atoms with Crippen molar-refractivity contribution in [2.24, 2.45) is 0 Å². The minimum atomic E-state index is -0.793. The molecular weight excluding hydrogens is 351 g/mol. The molecule has 1 unspecified atom stereocenters. The lowest BCUT2D eigenvalue weighted by Gasteiger charge is -2.14. The van der Waals surface area contributed by atoms with E-state index in [1.807, 2.05) is 6.07 Å². The first kappa shape index (κ1) is 14.7. The summed E-state index contributed by atoms with van der Waals surface area (Å²) in [7, 11) is 1.55. The summed E-state index contributed by atoms with van der Waals surface area (Å²) < 4.78 is 5.90. The average Bonchev–Trinajstić information content (AvgIpc) is 2.36. The molecular formula is C14H11BrCl2O2. The van der Waals surface area contributed by atoms with Crippen molar-refractivity contribution in [2.75, 3.05) is 7.11 Å². The molecule has 0 bridgehead atoms. The number of benzene rings is 2. The molecule has 100 valence electrons. The van der Waals surface area contributed by atoms with Gasteiger partial charge < -0.3 is 9.84 Å². The van der Waals surface area contributed by atoms with E-state index in [-0.39, 0.29) is 0 Å². The molecule has 0 saturated carbocycles. The van der Waals surface area contributed by atoms with E-state index in [4.69, 9.17) is 27.9 Å². The number of methoxy groups -OCH3 is 1. The number of aliphatic hydroxyl groups is 1. The lowest BCUT2D eigenvalue weighted by molar-refractivity contribution is 0.220. The van der Waals surface area contributed by atoms with E-state index in [1.54, 1.807) is 37.4 Å². The molecule has 0 fully saturated rings. The number of halogens is 3. The van der Waals surface area contributed by atoms with Crippen molar-refractivity contribution in [3.8, 4) is 5.75 Å². The third-order valence-corrected chi connectivity index (χ3v) is 3.66. The zero-order chi connectivity index (χ0) is 14.0. The van der Waals surface area contributed by atoms with Crippen LogP contribution in [-0.2, 0) is 0 Å². The molecule has 0 radical (unpaired) electrons. The maximum absolute atomic E-state index is 10.3. The fraction of sp³-hybridized carbons (Fsp3) is 0.143. The molecule has 0 heterocycles. The van der Waals surface area contributed by atoms with Gasteiger partial charge >= 0.3 is 0 Å². The Labute approximate surface area is 130 Å². The molecule has 0 amide bonds. The lowest BCUT2D eigenvalue weighted by Crippen LogP contribution is -2.00. The van der Waals surface area contributed by atoms with Crippen LogP contribution >= 0.6 is 39.1 Å². The van der Waals surface area contributed by atoms with E-state index in [0.717, 1.165) is 4.47 Å². The van der Waals surface area contributed by atoms with Crippen molar-refractivity contribution in [2.45, 2.75) is 6.10 Å². The van der Waals surface area contributed by atoms with Crippen molar-refractivity contribution in [3.05, 3.63) is 62.0 Å². The second-order valence-electron chi connectivity index (χ2n) is 4.00. The molecule has 1 N–H and O–H groups in total. The molecule has 2 rings (SSSR count). The molecule has 5 heteroatoms. The van der Waals surface area contributed by atoms with Gasteiger partial charge in [-0.3, -0.25) is 0 Å². The van der Waals surface area contributed by atoms with Crippen LogP contribution in [0.1, 0.15) is 17.2 Å². The van der Waals surface area contributed by atoms with Gasteiger partial charge in [-0.25, -0.2) is 0 Å². The predicted molar refractivity (Wildman–Crippen MR) is 81.2 cm³/mol. The van der Waals surface area contributed by atoms with Crippen LogP contribution in [0.2, 0.25) is 10.0 Å². The highest BCUT2D eigenvalue weighted by Crippen LogP contribution is 2.32. The van der Waals surface area contributed by atoms with Gasteiger partial charge in [-0.2, -0.15) is 0 Å². The van der Waals surface area contributed by atoms with Gasteiger partial charge in [0.25, 0.3) is 0 Å². The van der Waals surface area contributed by atoms with Crippen LogP contribution in [0, 0.1) is 0 Å². The standard InChI is InChI=1S/C14H11BrCl2O2/c1-19-13-3-2-8(6-12(13)17)14(18)9-4-10(15)7-11(16)5-9/h2-7,14,18H,1H3. The molecule has 19 heavy (non-hydrogen) atoms. The van der Waals surface area contributed by atoms with Gasteiger partial charge in [0.1, 0.15) is 11.9 Å². The van der Waals surface area contributed by atoms with Gasteiger partial charge in [0.05, 0.1) is 12.1 Å². The number of ether oxygens (including phenoxy) is 1. The fourth-order valence-electron chi connectivity index (χ4n) is 1.78. The molecule has 2 nitrogen and oxygen atoms in total. The monoisotopic (exact) mass is 360 g/mol. The molecule has 0 aliphatic carbocycles. The number of rotatable bonds is 3. The smallest absolute Gasteiger partial charge is 0.137 e. The summed E-state index contributed by atoms with van der Waals surface area (Å²) in [6.07, 6.45) is -0.793. The van der Waals surface area contributed by atoms with Gasteiger partial charge in [-0.1, -0.05) is 45.2 Å². The zero-order valence-electron chi connectivity index (χ0n) is 10.0. The first-order valence-corrected chi connectivity index (χ1v) is 7.03. The number of hydrogen-bond donors (Lipinski definition) is 1. The zero-order valence-corrected chi connectivity index (χ0v) is 13.1. The van der Waals surface area contributed by atoms with Crippen LogP contribution in [0.25, 0.3) is 0 Å². The Morgan fingerprint density at radius 3 is 2.42 bits per heavy atom. The van der Waals surface area contributed by atoms with Gasteiger partial charge in [0.15, 0.2) is 0 Å². The second kappa shape index (κ2) is 6.14. The van der Waals surface area contributed by atoms with Crippen LogP contribution in [0.15, 0.2) is 40.9 Å². The highest BCUT2D eigenvalue weighted by atomic mass is 79.9. The van der Waals surface area contributed by atoms with Crippen LogP contribution in [-0.4, -0.2) is 12.2 Å². The van der Waals surface area contributed by atoms with Crippen molar-refractivity contribution in [3.63, 3.8) is 0 Å². The predicted octanol–water partition coefficient (Wildman–Crippen LogP) is 4.85. The third kappa shape index (κ3) is 3.42. The Kier molecular flexibility index (Phi) is 4.74.